The van der Waals surface area contributed by atoms with Gasteiger partial charge in [0.15, 0.2) is 6.20 Å². The Morgan fingerprint density at radius 3 is 2.12 bits per heavy atom. The van der Waals surface area contributed by atoms with E-state index in [1.807, 2.05) is 0 Å². The van der Waals surface area contributed by atoms with E-state index < -0.39 is 0 Å². The van der Waals surface area contributed by atoms with Crippen LogP contribution in [0.25, 0.3) is 33.5 Å². The number of aromatic nitrogens is 1. The maximum atomic E-state index is 2.53. The fourth-order valence-electron chi connectivity index (χ4n) is 6.51. The van der Waals surface area contributed by atoms with Gasteiger partial charge in [-0.05, 0) is 84.7 Å². The zero-order chi connectivity index (χ0) is 22.7. The van der Waals surface area contributed by atoms with E-state index in [4.69, 9.17) is 0 Å². The highest BCUT2D eigenvalue weighted by atomic mass is 14.9. The quantitative estimate of drug-likeness (QED) is 0.288. The Bertz CT molecular complexity index is 1400. The molecule has 164 valence electrons. The molecule has 0 bridgehead atoms. The van der Waals surface area contributed by atoms with Crippen molar-refractivity contribution in [3.63, 3.8) is 0 Å². The molecule has 1 aromatic heterocycles. The molecule has 33 heavy (non-hydrogen) atoms. The van der Waals surface area contributed by atoms with Crippen molar-refractivity contribution in [2.75, 3.05) is 0 Å². The highest BCUT2D eigenvalue weighted by molar-refractivity contribution is 5.85. The van der Waals surface area contributed by atoms with Gasteiger partial charge in [0.2, 0.25) is 5.69 Å². The minimum Gasteiger partial charge on any atom is -0.201 e. The smallest absolute Gasteiger partial charge is 0.201 e. The Kier molecular flexibility index (Phi) is 4.59. The van der Waals surface area contributed by atoms with E-state index in [9.17, 15) is 0 Å². The third-order valence-electron chi connectivity index (χ3n) is 8.18. The summed E-state index contributed by atoms with van der Waals surface area (Å²) in [5, 5.41) is 0. The zero-order valence-electron chi connectivity index (χ0n) is 20.2. The second-order valence-electron chi connectivity index (χ2n) is 10.3. The average Bonchev–Trinajstić information content (AvgIpc) is 3.39. The molecule has 1 spiro atoms. The molecule has 0 saturated heterocycles. The van der Waals surface area contributed by atoms with E-state index >= 15 is 0 Å². The molecule has 1 heterocycles. The molecule has 3 aromatic carbocycles. The predicted molar refractivity (Wildman–Crippen MR) is 137 cm³/mol. The van der Waals surface area contributed by atoms with Crippen LogP contribution in [0.1, 0.15) is 53.5 Å². The van der Waals surface area contributed by atoms with Crippen molar-refractivity contribution in [1.82, 2.24) is 0 Å². The van der Waals surface area contributed by atoms with Crippen LogP contribution in [0.4, 0.5) is 0 Å². The lowest BCUT2D eigenvalue weighted by Crippen LogP contribution is -2.31. The van der Waals surface area contributed by atoms with Crippen LogP contribution in [0.15, 0.2) is 72.9 Å². The SMILES string of the molecule is Cc1ccc2c(c1)C1(CCCC1)c1cc(-c3cc(-c4ccccc4C)[n+](C)cc3C)ccc1-2. The van der Waals surface area contributed by atoms with Gasteiger partial charge in [0.1, 0.15) is 7.05 Å². The van der Waals surface area contributed by atoms with Gasteiger partial charge in [0, 0.05) is 22.6 Å². The van der Waals surface area contributed by atoms with E-state index in [-0.39, 0.29) is 5.41 Å². The molecule has 0 unspecified atom stereocenters. The molecular weight excluding hydrogens is 398 g/mol. The normalized spacial score (nSPS) is 15.6. The first-order valence-electron chi connectivity index (χ1n) is 12.3. The largest absolute Gasteiger partial charge is 0.213 e. The van der Waals surface area contributed by atoms with Gasteiger partial charge in [-0.15, -0.1) is 0 Å². The minimum atomic E-state index is 0.207. The van der Waals surface area contributed by atoms with Crippen molar-refractivity contribution in [3.05, 3.63) is 101 Å². The number of hydrogen-bond acceptors (Lipinski definition) is 0. The number of aryl methyl sites for hydroxylation is 4. The van der Waals surface area contributed by atoms with Crippen LogP contribution in [-0.4, -0.2) is 0 Å². The van der Waals surface area contributed by atoms with Crippen LogP contribution in [0, 0.1) is 20.8 Å². The summed E-state index contributed by atoms with van der Waals surface area (Å²) in [5.74, 6) is 0. The monoisotopic (exact) mass is 430 g/mol. The third-order valence-corrected chi connectivity index (χ3v) is 8.18. The minimum absolute atomic E-state index is 0.207. The van der Waals surface area contributed by atoms with E-state index in [1.165, 1.54) is 75.9 Å². The van der Waals surface area contributed by atoms with Crippen molar-refractivity contribution in [3.8, 4) is 33.5 Å². The first kappa shape index (κ1) is 20.4. The first-order chi connectivity index (χ1) is 16.0. The lowest BCUT2D eigenvalue weighted by atomic mass is 9.76. The molecule has 0 amide bonds. The molecule has 4 aromatic rings. The maximum Gasteiger partial charge on any atom is 0.213 e. The summed E-state index contributed by atoms with van der Waals surface area (Å²) in [5.41, 5.74) is 15.5. The summed E-state index contributed by atoms with van der Waals surface area (Å²) in [6, 6.07) is 25.5. The van der Waals surface area contributed by atoms with Crippen LogP contribution in [0.3, 0.4) is 0 Å². The van der Waals surface area contributed by atoms with Gasteiger partial charge in [-0.25, -0.2) is 4.57 Å². The Labute approximate surface area is 197 Å². The van der Waals surface area contributed by atoms with E-state index in [0.29, 0.717) is 0 Å². The lowest BCUT2D eigenvalue weighted by molar-refractivity contribution is -0.660. The molecule has 0 N–H and O–H groups in total. The summed E-state index contributed by atoms with van der Waals surface area (Å²) in [6.07, 6.45) is 7.49. The highest BCUT2D eigenvalue weighted by Gasteiger charge is 2.45. The molecule has 1 saturated carbocycles. The number of nitrogens with zero attached hydrogens (tertiary/aromatic N) is 1. The Balaban J connectivity index is 1.54. The summed E-state index contributed by atoms with van der Waals surface area (Å²) < 4.78 is 2.27. The Morgan fingerprint density at radius 2 is 1.36 bits per heavy atom. The maximum absolute atomic E-state index is 2.53. The molecule has 0 atom stereocenters. The standard InChI is InChI=1S/C32H32N/c1-21-11-13-26-27-14-12-24(18-30(27)32(29(26)17-21)15-7-8-16-32)28-19-31(33(4)20-23(28)3)25-10-6-5-9-22(25)2/h5-6,9-14,17-20H,7-8,15-16H2,1-4H3/q+1. The second-order valence-corrected chi connectivity index (χ2v) is 10.3. The molecule has 6 rings (SSSR count). The summed E-state index contributed by atoms with van der Waals surface area (Å²) >= 11 is 0. The molecule has 1 nitrogen and oxygen atoms in total. The topological polar surface area (TPSA) is 3.88 Å². The fourth-order valence-corrected chi connectivity index (χ4v) is 6.51. The van der Waals surface area contributed by atoms with Crippen LogP contribution in [0.2, 0.25) is 0 Å². The van der Waals surface area contributed by atoms with Crippen molar-refractivity contribution in [1.29, 1.82) is 0 Å². The van der Waals surface area contributed by atoms with Gasteiger partial charge in [0.25, 0.3) is 0 Å². The van der Waals surface area contributed by atoms with Gasteiger partial charge >= 0.3 is 0 Å². The van der Waals surface area contributed by atoms with Crippen molar-refractivity contribution in [2.45, 2.75) is 51.9 Å². The molecule has 1 fully saturated rings. The van der Waals surface area contributed by atoms with Gasteiger partial charge < -0.3 is 0 Å². The lowest BCUT2D eigenvalue weighted by Gasteiger charge is -2.27. The van der Waals surface area contributed by atoms with Crippen molar-refractivity contribution >= 4 is 0 Å². The molecule has 2 aliphatic carbocycles. The Morgan fingerprint density at radius 1 is 0.667 bits per heavy atom. The number of benzene rings is 3. The van der Waals surface area contributed by atoms with Crippen molar-refractivity contribution < 1.29 is 4.57 Å². The molecule has 0 aliphatic heterocycles. The molecule has 2 aliphatic rings. The van der Waals surface area contributed by atoms with Crippen molar-refractivity contribution in [2.24, 2.45) is 7.05 Å². The van der Waals surface area contributed by atoms with Crippen LogP contribution < -0.4 is 4.57 Å². The number of fused-ring (bicyclic) bond motifs is 5. The van der Waals surface area contributed by atoms with Gasteiger partial charge in [-0.2, -0.15) is 0 Å². The predicted octanol–water partition coefficient (Wildman–Crippen LogP) is 7.61. The molecular formula is C32H32N+. The Hall–Kier alpha value is -3.19. The van der Waals surface area contributed by atoms with E-state index in [2.05, 4.69) is 105 Å². The zero-order valence-corrected chi connectivity index (χ0v) is 20.2. The summed E-state index contributed by atoms with van der Waals surface area (Å²) in [7, 11) is 2.16. The second kappa shape index (κ2) is 7.42. The molecule has 0 radical (unpaired) electrons. The number of pyridine rings is 1. The average molecular weight is 431 g/mol. The number of rotatable bonds is 2. The van der Waals surface area contributed by atoms with Gasteiger partial charge in [0.05, 0.1) is 0 Å². The number of hydrogen-bond donors (Lipinski definition) is 0. The summed E-state index contributed by atoms with van der Waals surface area (Å²) in [6.45, 7) is 6.68. The van der Waals surface area contributed by atoms with E-state index in [1.54, 1.807) is 11.1 Å². The van der Waals surface area contributed by atoms with E-state index in [0.717, 1.165) is 0 Å². The van der Waals surface area contributed by atoms with Crippen LogP contribution >= 0.6 is 0 Å². The first-order valence-corrected chi connectivity index (χ1v) is 12.3. The fraction of sp³-hybridized carbons (Fsp3) is 0.281. The molecule has 1 heteroatoms. The van der Waals surface area contributed by atoms with Crippen LogP contribution in [0.5, 0.6) is 0 Å². The summed E-state index contributed by atoms with van der Waals surface area (Å²) in [4.78, 5) is 0. The third kappa shape index (κ3) is 3.02. The highest BCUT2D eigenvalue weighted by Crippen LogP contribution is 2.57. The van der Waals surface area contributed by atoms with Crippen LogP contribution in [-0.2, 0) is 12.5 Å². The van der Waals surface area contributed by atoms with Gasteiger partial charge in [-0.1, -0.05) is 66.9 Å². The van der Waals surface area contributed by atoms with Gasteiger partial charge in [-0.3, -0.25) is 0 Å².